The van der Waals surface area contributed by atoms with Crippen molar-refractivity contribution in [2.24, 2.45) is 0 Å². The van der Waals surface area contributed by atoms with Crippen LogP contribution in [0.1, 0.15) is 45.6 Å². The van der Waals surface area contributed by atoms with Crippen molar-refractivity contribution in [3.05, 3.63) is 28.8 Å². The number of halogens is 1. The predicted molar refractivity (Wildman–Crippen MR) is 104 cm³/mol. The first kappa shape index (κ1) is 22.1. The molecular formula is C19H28ClNO5S. The van der Waals surface area contributed by atoms with E-state index in [0.29, 0.717) is 18.5 Å². The zero-order chi connectivity index (χ0) is 20.2. The van der Waals surface area contributed by atoms with Crippen LogP contribution in [0, 0.1) is 6.92 Å². The number of sulfonamides is 1. The molecule has 6 nitrogen and oxygen atoms in total. The van der Waals surface area contributed by atoms with Crippen LogP contribution in [0.2, 0.25) is 5.02 Å². The number of aryl methyl sites for hydroxylation is 1. The number of hydrogen-bond donors (Lipinski definition) is 0. The minimum atomic E-state index is -3.75. The fourth-order valence-electron chi connectivity index (χ4n) is 3.17. The molecule has 0 N–H and O–H groups in total. The predicted octanol–water partition coefficient (Wildman–Crippen LogP) is 3.55. The summed E-state index contributed by atoms with van der Waals surface area (Å²) in [6.07, 6.45) is 2.37. The van der Waals surface area contributed by atoms with Gasteiger partial charge in [-0.3, -0.25) is 0 Å². The van der Waals surface area contributed by atoms with Crippen molar-refractivity contribution < 1.29 is 22.7 Å². The van der Waals surface area contributed by atoms with Gasteiger partial charge in [-0.1, -0.05) is 30.2 Å². The topological polar surface area (TPSA) is 72.9 Å². The van der Waals surface area contributed by atoms with E-state index in [4.69, 9.17) is 21.1 Å². The number of nitrogens with zero attached hydrogens (tertiary/aromatic N) is 1. The molecule has 0 saturated carbocycles. The molecular weight excluding hydrogens is 390 g/mol. The summed E-state index contributed by atoms with van der Waals surface area (Å²) < 4.78 is 38.6. The van der Waals surface area contributed by atoms with Gasteiger partial charge < -0.3 is 9.47 Å². The third-order valence-corrected chi connectivity index (χ3v) is 6.84. The molecule has 1 unspecified atom stereocenters. The van der Waals surface area contributed by atoms with Gasteiger partial charge >= 0.3 is 5.97 Å². The van der Waals surface area contributed by atoms with E-state index >= 15 is 0 Å². The Morgan fingerprint density at radius 3 is 2.63 bits per heavy atom. The van der Waals surface area contributed by atoms with E-state index in [-0.39, 0.29) is 29.2 Å². The Kier molecular flexibility index (Phi) is 7.30. The largest absolute Gasteiger partial charge is 0.458 e. The summed E-state index contributed by atoms with van der Waals surface area (Å²) in [6.45, 7) is 7.43. The Hall–Kier alpha value is -1.15. The van der Waals surface area contributed by atoms with Gasteiger partial charge in [0.1, 0.15) is 17.1 Å². The number of rotatable bonds is 6. The van der Waals surface area contributed by atoms with Crippen LogP contribution < -0.4 is 0 Å². The summed E-state index contributed by atoms with van der Waals surface area (Å²) in [7, 11) is -3.75. The first-order chi connectivity index (χ1) is 12.5. The summed E-state index contributed by atoms with van der Waals surface area (Å²) in [4.78, 5) is 11.9. The van der Waals surface area contributed by atoms with Gasteiger partial charge in [0.05, 0.1) is 11.6 Å². The van der Waals surface area contributed by atoms with Crippen LogP contribution >= 0.6 is 11.6 Å². The van der Waals surface area contributed by atoms with Crippen LogP contribution in [0.3, 0.4) is 0 Å². The Bertz CT molecular complexity index is 753. The number of carbonyl (C=O) groups is 1. The molecule has 8 heteroatoms. The van der Waals surface area contributed by atoms with Gasteiger partial charge in [-0.15, -0.1) is 0 Å². The second-order valence-corrected chi connectivity index (χ2v) is 9.99. The van der Waals surface area contributed by atoms with Gasteiger partial charge in [0.15, 0.2) is 0 Å². The smallest absolute Gasteiger partial charge is 0.332 e. The molecule has 1 aliphatic rings. The van der Waals surface area contributed by atoms with Crippen molar-refractivity contribution in [1.82, 2.24) is 4.31 Å². The molecule has 0 aromatic heterocycles. The van der Waals surface area contributed by atoms with E-state index in [9.17, 15) is 13.2 Å². The third-order valence-electron chi connectivity index (χ3n) is 4.25. The zero-order valence-corrected chi connectivity index (χ0v) is 17.9. The van der Waals surface area contributed by atoms with Crippen molar-refractivity contribution in [2.45, 2.75) is 63.5 Å². The van der Waals surface area contributed by atoms with E-state index < -0.39 is 21.6 Å². The van der Waals surface area contributed by atoms with E-state index in [1.54, 1.807) is 45.9 Å². The zero-order valence-electron chi connectivity index (χ0n) is 16.3. The molecule has 27 heavy (non-hydrogen) atoms. The minimum Gasteiger partial charge on any atom is -0.458 e. The lowest BCUT2D eigenvalue weighted by Gasteiger charge is -2.35. The molecule has 0 spiro atoms. The quantitative estimate of drug-likeness (QED) is 0.662. The average molecular weight is 418 g/mol. The van der Waals surface area contributed by atoms with Crippen molar-refractivity contribution >= 4 is 27.6 Å². The van der Waals surface area contributed by atoms with Crippen LogP contribution in [0.5, 0.6) is 0 Å². The van der Waals surface area contributed by atoms with Crippen LogP contribution in [0.15, 0.2) is 23.1 Å². The first-order valence-corrected chi connectivity index (χ1v) is 10.9. The van der Waals surface area contributed by atoms with Gasteiger partial charge in [0.25, 0.3) is 0 Å². The fourth-order valence-corrected chi connectivity index (χ4v) is 5.63. The van der Waals surface area contributed by atoms with Crippen molar-refractivity contribution in [3.8, 4) is 0 Å². The molecule has 0 aliphatic carbocycles. The fraction of sp³-hybridized carbons (Fsp3) is 0.632. The third kappa shape index (κ3) is 5.91. The molecule has 1 fully saturated rings. The normalized spacial score (nSPS) is 19.1. The number of esters is 1. The van der Waals surface area contributed by atoms with Gasteiger partial charge in [-0.2, -0.15) is 4.31 Å². The molecule has 0 amide bonds. The number of piperidine rings is 1. The van der Waals surface area contributed by atoms with Crippen molar-refractivity contribution in [1.29, 1.82) is 0 Å². The highest BCUT2D eigenvalue weighted by Gasteiger charge is 2.35. The Morgan fingerprint density at radius 1 is 1.30 bits per heavy atom. The van der Waals surface area contributed by atoms with Gasteiger partial charge in [0.2, 0.25) is 10.0 Å². The number of benzene rings is 1. The number of ether oxygens (including phenoxy) is 2. The molecule has 1 aromatic carbocycles. The Morgan fingerprint density at radius 2 is 2.00 bits per heavy atom. The monoisotopic (exact) mass is 417 g/mol. The number of carbonyl (C=O) groups excluding carboxylic acids is 1. The SMILES string of the molecule is Cc1cccc(Cl)c1S(=O)(=O)N1CCCCC1COCC(=O)OC(C)(C)C. The Labute approximate surface area is 166 Å². The van der Waals surface area contributed by atoms with Gasteiger partial charge in [-0.25, -0.2) is 13.2 Å². The van der Waals surface area contributed by atoms with Gasteiger partial charge in [-0.05, 0) is 52.2 Å². The molecule has 0 radical (unpaired) electrons. The molecule has 1 saturated heterocycles. The molecule has 1 aliphatic heterocycles. The molecule has 152 valence electrons. The summed E-state index contributed by atoms with van der Waals surface area (Å²) in [5.74, 6) is -0.463. The van der Waals surface area contributed by atoms with Crippen LogP contribution in [0.4, 0.5) is 0 Å². The first-order valence-electron chi connectivity index (χ1n) is 9.09. The highest BCUT2D eigenvalue weighted by atomic mass is 35.5. The maximum absolute atomic E-state index is 13.2. The summed E-state index contributed by atoms with van der Waals surface area (Å²) in [6, 6.07) is 4.71. The summed E-state index contributed by atoms with van der Waals surface area (Å²) in [5.41, 5.74) is 0.0314. The summed E-state index contributed by atoms with van der Waals surface area (Å²) in [5, 5.41) is 0.217. The molecule has 0 bridgehead atoms. The van der Waals surface area contributed by atoms with Crippen molar-refractivity contribution in [3.63, 3.8) is 0 Å². The molecule has 1 heterocycles. The molecule has 1 atom stereocenters. The molecule has 1 aromatic rings. The standard InChI is InChI=1S/C19H28ClNO5S/c1-14-8-7-10-16(20)18(14)27(23,24)21-11-6-5-9-15(21)12-25-13-17(22)26-19(2,3)4/h7-8,10,15H,5-6,9,11-13H2,1-4H3. The van der Waals surface area contributed by atoms with E-state index in [2.05, 4.69) is 0 Å². The lowest BCUT2D eigenvalue weighted by molar-refractivity contribution is -0.160. The second kappa shape index (κ2) is 8.90. The second-order valence-electron chi connectivity index (χ2n) is 7.75. The maximum Gasteiger partial charge on any atom is 0.332 e. The number of hydrogen-bond acceptors (Lipinski definition) is 5. The summed E-state index contributed by atoms with van der Waals surface area (Å²) >= 11 is 6.19. The van der Waals surface area contributed by atoms with Crippen LogP contribution in [0.25, 0.3) is 0 Å². The van der Waals surface area contributed by atoms with Crippen molar-refractivity contribution in [2.75, 3.05) is 19.8 Å². The van der Waals surface area contributed by atoms with Gasteiger partial charge in [0, 0.05) is 12.6 Å². The maximum atomic E-state index is 13.2. The lowest BCUT2D eigenvalue weighted by Crippen LogP contribution is -2.46. The lowest BCUT2D eigenvalue weighted by atomic mass is 10.1. The minimum absolute atomic E-state index is 0.141. The van der Waals surface area contributed by atoms with E-state index in [0.717, 1.165) is 12.8 Å². The van der Waals surface area contributed by atoms with Crippen LogP contribution in [-0.2, 0) is 24.3 Å². The average Bonchev–Trinajstić information content (AvgIpc) is 2.53. The van der Waals surface area contributed by atoms with E-state index in [1.807, 2.05) is 0 Å². The molecule has 2 rings (SSSR count). The van der Waals surface area contributed by atoms with E-state index in [1.165, 1.54) is 4.31 Å². The Balaban J connectivity index is 2.10. The highest BCUT2D eigenvalue weighted by molar-refractivity contribution is 7.89. The van der Waals surface area contributed by atoms with Crippen LogP contribution in [-0.4, -0.2) is 50.1 Å². The highest BCUT2D eigenvalue weighted by Crippen LogP contribution is 2.31.